The number of hydrogen-bond acceptors (Lipinski definition) is 4. The first-order chi connectivity index (χ1) is 14.1. The maximum atomic E-state index is 13.3. The van der Waals surface area contributed by atoms with Crippen molar-refractivity contribution in [1.82, 2.24) is 14.2 Å². The fourth-order valence-electron chi connectivity index (χ4n) is 3.86. The minimum Gasteiger partial charge on any atom is -0.497 e. The van der Waals surface area contributed by atoms with Crippen LogP contribution in [0.2, 0.25) is 0 Å². The Morgan fingerprint density at radius 2 is 1.72 bits per heavy atom. The Balaban J connectivity index is 1.71. The SMILES string of the molecule is CCN1CCN(C(=O)C(=O)c2c(-c3ccc(OC)cc3)cc3ccccn23)CC1. The molecule has 1 saturated heterocycles. The van der Waals surface area contributed by atoms with Gasteiger partial charge in [0.1, 0.15) is 11.4 Å². The number of amides is 1. The van der Waals surface area contributed by atoms with Gasteiger partial charge in [-0.25, -0.2) is 0 Å². The van der Waals surface area contributed by atoms with Crippen LogP contribution in [0.4, 0.5) is 0 Å². The van der Waals surface area contributed by atoms with Crippen molar-refractivity contribution < 1.29 is 14.3 Å². The van der Waals surface area contributed by atoms with Gasteiger partial charge < -0.3 is 18.9 Å². The highest BCUT2D eigenvalue weighted by Crippen LogP contribution is 2.30. The van der Waals surface area contributed by atoms with Gasteiger partial charge in [0.2, 0.25) is 0 Å². The summed E-state index contributed by atoms with van der Waals surface area (Å²) in [6, 6.07) is 15.2. The number of fused-ring (bicyclic) bond motifs is 1. The highest BCUT2D eigenvalue weighted by Gasteiger charge is 2.30. The van der Waals surface area contributed by atoms with E-state index in [4.69, 9.17) is 4.74 Å². The van der Waals surface area contributed by atoms with Gasteiger partial charge in [-0.1, -0.05) is 25.1 Å². The number of pyridine rings is 1. The number of Topliss-reactive ketones (excluding diaryl/α,β-unsaturated/α-hetero) is 1. The van der Waals surface area contributed by atoms with E-state index in [-0.39, 0.29) is 0 Å². The van der Waals surface area contributed by atoms with Crippen molar-refractivity contribution in [1.29, 1.82) is 0 Å². The molecule has 1 fully saturated rings. The van der Waals surface area contributed by atoms with E-state index in [2.05, 4.69) is 11.8 Å². The van der Waals surface area contributed by atoms with E-state index >= 15 is 0 Å². The Labute approximate surface area is 170 Å². The molecule has 0 radical (unpaired) electrons. The van der Waals surface area contributed by atoms with Gasteiger partial charge in [-0.2, -0.15) is 0 Å². The Morgan fingerprint density at radius 1 is 1.00 bits per heavy atom. The molecule has 4 rings (SSSR count). The second kappa shape index (κ2) is 8.09. The molecule has 0 bridgehead atoms. The molecule has 1 aromatic carbocycles. The number of hydrogen-bond donors (Lipinski definition) is 0. The lowest BCUT2D eigenvalue weighted by atomic mass is 10.0. The Kier molecular flexibility index (Phi) is 5.36. The zero-order valence-electron chi connectivity index (χ0n) is 16.8. The minimum atomic E-state index is -0.466. The summed E-state index contributed by atoms with van der Waals surface area (Å²) >= 11 is 0. The normalized spacial score (nSPS) is 14.9. The lowest BCUT2D eigenvalue weighted by Crippen LogP contribution is -2.50. The molecule has 0 unspecified atom stereocenters. The number of aromatic nitrogens is 1. The van der Waals surface area contributed by atoms with Gasteiger partial charge in [-0.15, -0.1) is 0 Å². The van der Waals surface area contributed by atoms with E-state index in [0.717, 1.165) is 42.0 Å². The third-order valence-electron chi connectivity index (χ3n) is 5.60. The lowest BCUT2D eigenvalue weighted by molar-refractivity contribution is -0.128. The molecule has 1 aliphatic rings. The van der Waals surface area contributed by atoms with E-state index in [1.54, 1.807) is 12.0 Å². The van der Waals surface area contributed by atoms with Crippen molar-refractivity contribution in [3.8, 4) is 16.9 Å². The molecule has 29 heavy (non-hydrogen) atoms. The first-order valence-corrected chi connectivity index (χ1v) is 9.93. The number of carbonyl (C=O) groups excluding carboxylic acids is 2. The summed E-state index contributed by atoms with van der Waals surface area (Å²) in [4.78, 5) is 30.3. The minimum absolute atomic E-state index is 0.411. The van der Waals surface area contributed by atoms with Crippen molar-refractivity contribution in [3.05, 3.63) is 60.4 Å². The largest absolute Gasteiger partial charge is 0.497 e. The Hall–Kier alpha value is -3.12. The van der Waals surface area contributed by atoms with Crippen LogP contribution in [0.1, 0.15) is 17.4 Å². The van der Waals surface area contributed by atoms with Crippen LogP contribution in [-0.2, 0) is 4.79 Å². The molecule has 1 amide bonds. The second-order valence-electron chi connectivity index (χ2n) is 7.19. The number of rotatable bonds is 5. The average molecular weight is 391 g/mol. The fourth-order valence-corrected chi connectivity index (χ4v) is 3.86. The van der Waals surface area contributed by atoms with Crippen LogP contribution in [-0.4, -0.2) is 65.7 Å². The molecule has 0 saturated carbocycles. The Bertz CT molecular complexity index is 1030. The molecule has 2 aromatic heterocycles. The van der Waals surface area contributed by atoms with Gasteiger partial charge in [0.05, 0.1) is 7.11 Å². The monoisotopic (exact) mass is 391 g/mol. The number of methoxy groups -OCH3 is 1. The maximum Gasteiger partial charge on any atom is 0.296 e. The molecule has 3 heterocycles. The molecule has 150 valence electrons. The lowest BCUT2D eigenvalue weighted by Gasteiger charge is -2.33. The van der Waals surface area contributed by atoms with Gasteiger partial charge >= 0.3 is 0 Å². The summed E-state index contributed by atoms with van der Waals surface area (Å²) in [6.07, 6.45) is 1.83. The van der Waals surface area contributed by atoms with Gasteiger partial charge in [0.25, 0.3) is 11.7 Å². The van der Waals surface area contributed by atoms with E-state index in [1.165, 1.54) is 0 Å². The summed E-state index contributed by atoms with van der Waals surface area (Å²) in [6.45, 7) is 5.84. The van der Waals surface area contributed by atoms with E-state index in [9.17, 15) is 9.59 Å². The van der Waals surface area contributed by atoms with Crippen LogP contribution in [0.25, 0.3) is 16.6 Å². The van der Waals surface area contributed by atoms with Crippen LogP contribution >= 0.6 is 0 Å². The predicted octanol–water partition coefficient (Wildman–Crippen LogP) is 2.96. The number of likely N-dealkylation sites (N-methyl/N-ethyl adjacent to an activating group) is 1. The van der Waals surface area contributed by atoms with E-state index in [1.807, 2.05) is 59.1 Å². The molecule has 1 aliphatic heterocycles. The van der Waals surface area contributed by atoms with Crippen LogP contribution in [0.3, 0.4) is 0 Å². The first-order valence-electron chi connectivity index (χ1n) is 9.93. The number of piperazine rings is 1. The maximum absolute atomic E-state index is 13.3. The molecule has 0 spiro atoms. The topological polar surface area (TPSA) is 54.3 Å². The van der Waals surface area contributed by atoms with Crippen molar-refractivity contribution >= 4 is 17.2 Å². The highest BCUT2D eigenvalue weighted by atomic mass is 16.5. The second-order valence-corrected chi connectivity index (χ2v) is 7.19. The summed E-state index contributed by atoms with van der Waals surface area (Å²) in [5.41, 5.74) is 2.92. The van der Waals surface area contributed by atoms with Crippen LogP contribution in [0, 0.1) is 0 Å². The van der Waals surface area contributed by atoms with E-state index < -0.39 is 11.7 Å². The molecule has 6 heteroatoms. The van der Waals surface area contributed by atoms with Gasteiger partial charge in [-0.3, -0.25) is 9.59 Å². The Morgan fingerprint density at radius 3 is 2.38 bits per heavy atom. The molecule has 0 atom stereocenters. The summed E-state index contributed by atoms with van der Waals surface area (Å²) in [7, 11) is 1.62. The molecule has 0 aliphatic carbocycles. The van der Waals surface area contributed by atoms with Gasteiger partial charge in [-0.05, 0) is 42.4 Å². The summed E-state index contributed by atoms with van der Waals surface area (Å²) in [5, 5.41) is 0. The fraction of sp³-hybridized carbons (Fsp3) is 0.304. The zero-order chi connectivity index (χ0) is 20.4. The summed E-state index contributed by atoms with van der Waals surface area (Å²) in [5.74, 6) is -0.151. The molecular formula is C23H25N3O3. The van der Waals surface area contributed by atoms with Crippen LogP contribution < -0.4 is 4.74 Å². The standard InChI is InChI=1S/C23H25N3O3/c1-3-24-12-14-25(15-13-24)23(28)22(27)21-20(16-18-6-4-5-11-26(18)21)17-7-9-19(29-2)10-8-17/h4-11,16H,3,12-15H2,1-2H3. The van der Waals surface area contributed by atoms with Crippen LogP contribution in [0.5, 0.6) is 5.75 Å². The first kappa shape index (κ1) is 19.2. The van der Waals surface area contributed by atoms with Gasteiger partial charge in [0, 0.05) is 43.5 Å². The van der Waals surface area contributed by atoms with Crippen molar-refractivity contribution in [3.63, 3.8) is 0 Å². The molecule has 0 N–H and O–H groups in total. The third kappa shape index (κ3) is 3.63. The number of nitrogens with zero attached hydrogens (tertiary/aromatic N) is 3. The molecule has 6 nitrogen and oxygen atoms in total. The highest BCUT2D eigenvalue weighted by molar-refractivity contribution is 6.43. The average Bonchev–Trinajstić information content (AvgIpc) is 3.17. The van der Waals surface area contributed by atoms with Gasteiger partial charge in [0.15, 0.2) is 0 Å². The predicted molar refractivity (Wildman–Crippen MR) is 112 cm³/mol. The third-order valence-corrected chi connectivity index (χ3v) is 5.60. The molecule has 3 aromatic rings. The number of benzene rings is 1. The quantitative estimate of drug-likeness (QED) is 0.496. The van der Waals surface area contributed by atoms with Crippen molar-refractivity contribution in [2.24, 2.45) is 0 Å². The summed E-state index contributed by atoms with van der Waals surface area (Å²) < 4.78 is 7.05. The smallest absolute Gasteiger partial charge is 0.296 e. The molecular weight excluding hydrogens is 366 g/mol. The van der Waals surface area contributed by atoms with E-state index in [0.29, 0.717) is 18.8 Å². The van der Waals surface area contributed by atoms with Crippen molar-refractivity contribution in [2.45, 2.75) is 6.92 Å². The number of ether oxygens (including phenoxy) is 1. The number of carbonyl (C=O) groups is 2. The zero-order valence-corrected chi connectivity index (χ0v) is 16.8. The van der Waals surface area contributed by atoms with Crippen molar-refractivity contribution in [2.75, 3.05) is 39.8 Å². The number of ketones is 1. The van der Waals surface area contributed by atoms with Crippen LogP contribution in [0.15, 0.2) is 54.7 Å².